The Kier molecular flexibility index (Phi) is 10.2. The molecule has 14 heteroatoms. The van der Waals surface area contributed by atoms with Crippen molar-refractivity contribution in [3.63, 3.8) is 0 Å². The highest BCUT2D eigenvalue weighted by atomic mass is 16.7. The van der Waals surface area contributed by atoms with Gasteiger partial charge < -0.3 is 29.0 Å². The van der Waals surface area contributed by atoms with Crippen molar-refractivity contribution >= 4 is 29.8 Å². The SMILES string of the molecule is CC(=O)OCC1OC(OC(C)=O)C(NC(=O)CN=[N+]=[N-])CC(OC(C)=O)[C@@H]1OC(C)=O. The Hall–Kier alpha value is -3.38. The van der Waals surface area contributed by atoms with Gasteiger partial charge in [-0.25, -0.2) is 0 Å². The zero-order chi connectivity index (χ0) is 23.6. The molecule has 1 saturated heterocycles. The molecule has 1 aliphatic rings. The van der Waals surface area contributed by atoms with Gasteiger partial charge in [-0.3, -0.25) is 24.0 Å². The maximum atomic E-state index is 12.1. The van der Waals surface area contributed by atoms with E-state index in [1.54, 1.807) is 0 Å². The Labute approximate surface area is 177 Å². The Morgan fingerprint density at radius 3 is 2.13 bits per heavy atom. The van der Waals surface area contributed by atoms with Crippen LogP contribution in [0.15, 0.2) is 5.11 Å². The zero-order valence-corrected chi connectivity index (χ0v) is 17.4. The van der Waals surface area contributed by atoms with Crippen molar-refractivity contribution in [1.29, 1.82) is 0 Å². The molecular formula is C17H24N4O10. The van der Waals surface area contributed by atoms with Gasteiger partial charge in [0.15, 0.2) is 6.10 Å². The highest BCUT2D eigenvalue weighted by molar-refractivity contribution is 5.78. The first-order chi connectivity index (χ1) is 14.5. The molecule has 31 heavy (non-hydrogen) atoms. The van der Waals surface area contributed by atoms with Gasteiger partial charge in [0.1, 0.15) is 25.4 Å². The minimum absolute atomic E-state index is 0.200. The van der Waals surface area contributed by atoms with E-state index in [-0.39, 0.29) is 6.42 Å². The molecule has 1 N–H and O–H groups in total. The topological polar surface area (TPSA) is 192 Å². The first kappa shape index (κ1) is 25.7. The summed E-state index contributed by atoms with van der Waals surface area (Å²) < 4.78 is 26.3. The summed E-state index contributed by atoms with van der Waals surface area (Å²) in [6.45, 7) is 3.49. The lowest BCUT2D eigenvalue weighted by molar-refractivity contribution is -0.216. The Morgan fingerprint density at radius 1 is 1.00 bits per heavy atom. The minimum Gasteiger partial charge on any atom is -0.463 e. The van der Waals surface area contributed by atoms with Crippen LogP contribution >= 0.6 is 0 Å². The molecule has 172 valence electrons. The van der Waals surface area contributed by atoms with E-state index in [0.717, 1.165) is 27.7 Å². The summed E-state index contributed by atoms with van der Waals surface area (Å²) >= 11 is 0. The molecule has 1 rings (SSSR count). The van der Waals surface area contributed by atoms with Gasteiger partial charge in [-0.05, 0) is 5.53 Å². The van der Waals surface area contributed by atoms with E-state index in [2.05, 4.69) is 15.3 Å². The van der Waals surface area contributed by atoms with Gasteiger partial charge in [-0.2, -0.15) is 0 Å². The molecular weight excluding hydrogens is 420 g/mol. The number of amides is 1. The lowest BCUT2D eigenvalue weighted by atomic mass is 10.0. The van der Waals surface area contributed by atoms with Gasteiger partial charge in [0.2, 0.25) is 12.2 Å². The smallest absolute Gasteiger partial charge is 0.305 e. The molecule has 0 saturated carbocycles. The number of rotatable bonds is 8. The highest BCUT2D eigenvalue weighted by Gasteiger charge is 2.46. The zero-order valence-electron chi connectivity index (χ0n) is 17.4. The second kappa shape index (κ2) is 12.3. The van der Waals surface area contributed by atoms with Gasteiger partial charge in [-0.1, -0.05) is 5.11 Å². The summed E-state index contributed by atoms with van der Waals surface area (Å²) in [5.41, 5.74) is 8.37. The average Bonchev–Trinajstić information content (AvgIpc) is 2.75. The normalized spacial score (nSPS) is 25.1. The van der Waals surface area contributed by atoms with Crippen molar-refractivity contribution in [2.24, 2.45) is 5.11 Å². The van der Waals surface area contributed by atoms with Crippen LogP contribution in [-0.4, -0.2) is 73.6 Å². The molecule has 0 spiro atoms. The number of ether oxygens (including phenoxy) is 5. The molecule has 1 amide bonds. The van der Waals surface area contributed by atoms with Crippen LogP contribution in [0.2, 0.25) is 0 Å². The third-order valence-corrected chi connectivity index (χ3v) is 3.83. The molecule has 0 aromatic heterocycles. The van der Waals surface area contributed by atoms with Gasteiger partial charge >= 0.3 is 23.9 Å². The van der Waals surface area contributed by atoms with Crippen molar-refractivity contribution < 1.29 is 47.7 Å². The van der Waals surface area contributed by atoms with Gasteiger partial charge in [0.05, 0.1) is 6.04 Å². The lowest BCUT2D eigenvalue weighted by Crippen LogP contribution is -2.48. The van der Waals surface area contributed by atoms with Crippen LogP contribution in [0, 0.1) is 0 Å². The number of esters is 4. The highest BCUT2D eigenvalue weighted by Crippen LogP contribution is 2.26. The van der Waals surface area contributed by atoms with E-state index in [0.29, 0.717) is 0 Å². The van der Waals surface area contributed by atoms with Crippen LogP contribution in [0.1, 0.15) is 34.1 Å². The standard InChI is InChI=1S/C17H24N4O10/c1-8(22)27-7-14-16(29-10(3)24)13(28-9(2)23)5-12(17(31-14)30-11(4)25)20-15(26)6-19-21-18/h12-14,16-17H,5-7H2,1-4H3,(H,20,26)/t12?,13?,14?,16-,17?/m0/s1. The van der Waals surface area contributed by atoms with Crippen molar-refractivity contribution in [3.05, 3.63) is 10.4 Å². The van der Waals surface area contributed by atoms with Crippen molar-refractivity contribution in [3.8, 4) is 0 Å². The lowest BCUT2D eigenvalue weighted by Gasteiger charge is -2.29. The molecule has 1 fully saturated rings. The molecule has 1 heterocycles. The summed E-state index contributed by atoms with van der Waals surface area (Å²) in [4.78, 5) is 60.7. The first-order valence-electron chi connectivity index (χ1n) is 9.14. The fraction of sp³-hybridized carbons (Fsp3) is 0.706. The van der Waals surface area contributed by atoms with Crippen LogP contribution in [0.3, 0.4) is 0 Å². The van der Waals surface area contributed by atoms with Crippen LogP contribution in [0.25, 0.3) is 10.4 Å². The number of nitrogens with one attached hydrogen (secondary N) is 1. The second-order valence-corrected chi connectivity index (χ2v) is 6.48. The fourth-order valence-electron chi connectivity index (χ4n) is 2.83. The molecule has 4 unspecified atom stereocenters. The number of azide groups is 1. The van der Waals surface area contributed by atoms with Crippen molar-refractivity contribution in [2.75, 3.05) is 13.2 Å². The molecule has 0 bridgehead atoms. The average molecular weight is 444 g/mol. The van der Waals surface area contributed by atoms with E-state index in [1.807, 2.05) is 0 Å². The summed E-state index contributed by atoms with van der Waals surface area (Å²) in [7, 11) is 0. The van der Waals surface area contributed by atoms with Crippen LogP contribution in [0.4, 0.5) is 0 Å². The monoisotopic (exact) mass is 444 g/mol. The Morgan fingerprint density at radius 2 is 1.61 bits per heavy atom. The Balaban J connectivity index is 3.33. The molecule has 0 aromatic carbocycles. The van der Waals surface area contributed by atoms with Crippen molar-refractivity contribution in [1.82, 2.24) is 5.32 Å². The third kappa shape index (κ3) is 9.31. The number of hydrogen-bond donors (Lipinski definition) is 1. The number of carbonyl (C=O) groups is 5. The number of hydrogen-bond acceptors (Lipinski definition) is 11. The summed E-state index contributed by atoms with van der Waals surface area (Å²) in [5, 5.41) is 5.61. The second-order valence-electron chi connectivity index (χ2n) is 6.48. The van der Waals surface area contributed by atoms with E-state index in [1.165, 1.54) is 0 Å². The molecule has 0 radical (unpaired) electrons. The first-order valence-corrected chi connectivity index (χ1v) is 9.14. The fourth-order valence-corrected chi connectivity index (χ4v) is 2.83. The predicted octanol–water partition coefficient (Wildman–Crippen LogP) is -0.114. The predicted molar refractivity (Wildman–Crippen MR) is 98.7 cm³/mol. The third-order valence-electron chi connectivity index (χ3n) is 3.83. The van der Waals surface area contributed by atoms with E-state index >= 15 is 0 Å². The molecule has 14 nitrogen and oxygen atoms in total. The summed E-state index contributed by atoms with van der Waals surface area (Å²) in [5.74, 6) is -3.62. The van der Waals surface area contributed by atoms with E-state index in [4.69, 9.17) is 29.2 Å². The molecule has 5 atom stereocenters. The number of carbonyl (C=O) groups excluding carboxylic acids is 5. The van der Waals surface area contributed by atoms with Gasteiger partial charge in [-0.15, -0.1) is 0 Å². The summed E-state index contributed by atoms with van der Waals surface area (Å²) in [6.07, 6.45) is -5.24. The van der Waals surface area contributed by atoms with Crippen molar-refractivity contribution in [2.45, 2.75) is 64.8 Å². The summed E-state index contributed by atoms with van der Waals surface area (Å²) in [6, 6.07) is -1.09. The van der Waals surface area contributed by atoms with Gasteiger partial charge in [0.25, 0.3) is 0 Å². The Bertz CT molecular complexity index is 751. The molecule has 1 aliphatic heterocycles. The van der Waals surface area contributed by atoms with Crippen LogP contribution in [-0.2, 0) is 47.7 Å². The maximum Gasteiger partial charge on any atom is 0.305 e. The van der Waals surface area contributed by atoms with E-state index in [9.17, 15) is 24.0 Å². The minimum atomic E-state index is -1.42. The van der Waals surface area contributed by atoms with E-state index < -0.39 is 73.6 Å². The van der Waals surface area contributed by atoms with Gasteiger partial charge in [0, 0.05) is 39.0 Å². The van der Waals surface area contributed by atoms with Crippen LogP contribution < -0.4 is 5.32 Å². The van der Waals surface area contributed by atoms with Crippen LogP contribution in [0.5, 0.6) is 0 Å². The quantitative estimate of drug-likeness (QED) is 0.173. The molecule has 0 aromatic rings. The number of nitrogens with zero attached hydrogens (tertiary/aromatic N) is 3. The molecule has 0 aliphatic carbocycles. The maximum absolute atomic E-state index is 12.1. The largest absolute Gasteiger partial charge is 0.463 e.